The van der Waals surface area contributed by atoms with Crippen LogP contribution in [0, 0.1) is 6.92 Å². The zero-order valence-corrected chi connectivity index (χ0v) is 22.9. The van der Waals surface area contributed by atoms with Crippen LogP contribution in [-0.4, -0.2) is 24.8 Å². The normalized spacial score (nSPS) is 17.6. The first-order valence-electron chi connectivity index (χ1n) is 11.2. The number of sulfonamides is 1. The third-order valence-corrected chi connectivity index (χ3v) is 7.45. The minimum Gasteiger partial charge on any atom is -0.459 e. The van der Waals surface area contributed by atoms with E-state index in [1.807, 2.05) is 60.4 Å². The Labute approximate surface area is 230 Å². The second-order valence-electron chi connectivity index (χ2n) is 8.70. The first kappa shape index (κ1) is 25.5. The molecule has 37 heavy (non-hydrogen) atoms. The maximum absolute atomic E-state index is 11.8. The Balaban J connectivity index is 1.59. The molecule has 0 bridgehead atoms. The molecule has 0 amide bonds. The molecule has 2 aromatic carbocycles. The van der Waals surface area contributed by atoms with E-state index in [-0.39, 0.29) is 12.1 Å². The number of aryl methyl sites for hydroxylation is 1. The van der Waals surface area contributed by atoms with Crippen molar-refractivity contribution in [3.8, 4) is 11.3 Å². The van der Waals surface area contributed by atoms with Gasteiger partial charge in [-0.3, -0.25) is 9.71 Å². The van der Waals surface area contributed by atoms with E-state index in [0.29, 0.717) is 32.4 Å². The number of nitrogens with one attached hydrogen (secondary N) is 2. The first-order chi connectivity index (χ1) is 17.6. The standard InChI is InChI=1S/C26H22Cl2N4O3S2/c1-15-13-17(7-9-20(15)31-37(2,33)34)32-25(24(30-26(32)36)21-5-3-4-12-29-21)23-11-10-22(35-23)18-8-6-16(27)14-19(18)28/h3-14,24-25,31H,1-2H3,(H,30,36)/t24-,25+/m0/s1. The maximum atomic E-state index is 11.8. The van der Waals surface area contributed by atoms with Gasteiger partial charge in [-0.2, -0.15) is 0 Å². The maximum Gasteiger partial charge on any atom is 0.229 e. The van der Waals surface area contributed by atoms with Crippen LogP contribution in [0.2, 0.25) is 10.0 Å². The molecule has 7 nitrogen and oxygen atoms in total. The molecule has 1 aliphatic heterocycles. The highest BCUT2D eigenvalue weighted by molar-refractivity contribution is 7.92. The van der Waals surface area contributed by atoms with Gasteiger partial charge in [0, 0.05) is 22.5 Å². The molecule has 1 aliphatic rings. The fraction of sp³-hybridized carbons (Fsp3) is 0.154. The van der Waals surface area contributed by atoms with Gasteiger partial charge >= 0.3 is 0 Å². The number of aromatic nitrogens is 1. The van der Waals surface area contributed by atoms with Crippen molar-refractivity contribution < 1.29 is 12.8 Å². The summed E-state index contributed by atoms with van der Waals surface area (Å²) in [5, 5.41) is 4.90. The topological polar surface area (TPSA) is 87.5 Å². The van der Waals surface area contributed by atoms with Crippen molar-refractivity contribution >= 4 is 61.9 Å². The van der Waals surface area contributed by atoms with Gasteiger partial charge < -0.3 is 14.6 Å². The lowest BCUT2D eigenvalue weighted by Crippen LogP contribution is -2.29. The molecule has 0 radical (unpaired) electrons. The van der Waals surface area contributed by atoms with Gasteiger partial charge in [0.25, 0.3) is 0 Å². The summed E-state index contributed by atoms with van der Waals surface area (Å²) in [6.45, 7) is 1.84. The van der Waals surface area contributed by atoms with E-state index in [1.54, 1.807) is 24.4 Å². The predicted octanol–water partition coefficient (Wildman–Crippen LogP) is 6.51. The largest absolute Gasteiger partial charge is 0.459 e. The number of benzene rings is 2. The average molecular weight is 574 g/mol. The van der Waals surface area contributed by atoms with Crippen LogP contribution in [0.4, 0.5) is 11.4 Å². The average Bonchev–Trinajstić information content (AvgIpc) is 3.45. The van der Waals surface area contributed by atoms with Gasteiger partial charge in [-0.1, -0.05) is 29.3 Å². The number of halogens is 2. The van der Waals surface area contributed by atoms with Crippen LogP contribution in [0.25, 0.3) is 11.3 Å². The molecule has 1 saturated heterocycles. The molecule has 2 aromatic heterocycles. The van der Waals surface area contributed by atoms with Gasteiger partial charge in [0.15, 0.2) is 5.11 Å². The van der Waals surface area contributed by atoms with E-state index in [2.05, 4.69) is 15.0 Å². The zero-order valence-electron chi connectivity index (χ0n) is 19.8. The third-order valence-electron chi connectivity index (χ3n) is 6.00. The quantitative estimate of drug-likeness (QED) is 0.255. The van der Waals surface area contributed by atoms with Crippen LogP contribution in [0.1, 0.15) is 29.1 Å². The molecule has 2 atom stereocenters. The van der Waals surface area contributed by atoms with Crippen molar-refractivity contribution in [3.63, 3.8) is 0 Å². The summed E-state index contributed by atoms with van der Waals surface area (Å²) in [5.41, 5.74) is 3.55. The molecule has 1 fully saturated rings. The van der Waals surface area contributed by atoms with E-state index in [0.717, 1.165) is 28.8 Å². The van der Waals surface area contributed by atoms with Crippen LogP contribution < -0.4 is 14.9 Å². The zero-order chi connectivity index (χ0) is 26.3. The second kappa shape index (κ2) is 9.98. The molecule has 2 N–H and O–H groups in total. The van der Waals surface area contributed by atoms with Crippen LogP contribution in [0.3, 0.4) is 0 Å². The number of pyridine rings is 1. The summed E-state index contributed by atoms with van der Waals surface area (Å²) < 4.78 is 32.4. The lowest BCUT2D eigenvalue weighted by molar-refractivity contribution is 0.439. The van der Waals surface area contributed by atoms with E-state index < -0.39 is 10.0 Å². The van der Waals surface area contributed by atoms with E-state index in [1.165, 1.54) is 0 Å². The Morgan fingerprint density at radius 1 is 1.08 bits per heavy atom. The summed E-state index contributed by atoms with van der Waals surface area (Å²) in [5.74, 6) is 1.25. The Bertz CT molecular complexity index is 1590. The van der Waals surface area contributed by atoms with E-state index in [4.69, 9.17) is 39.8 Å². The van der Waals surface area contributed by atoms with Gasteiger partial charge in [-0.05, 0) is 85.4 Å². The molecule has 5 rings (SSSR count). The van der Waals surface area contributed by atoms with Crippen molar-refractivity contribution in [1.29, 1.82) is 0 Å². The molecular formula is C26H22Cl2N4O3S2. The highest BCUT2D eigenvalue weighted by Crippen LogP contribution is 2.44. The minimum absolute atomic E-state index is 0.303. The van der Waals surface area contributed by atoms with Crippen LogP contribution in [0.15, 0.2) is 77.3 Å². The molecule has 4 aromatic rings. The fourth-order valence-corrected chi connectivity index (χ4v) is 5.86. The molecule has 0 aliphatic carbocycles. The number of thiocarbonyl (C=S) groups is 1. The van der Waals surface area contributed by atoms with Gasteiger partial charge in [0.1, 0.15) is 17.6 Å². The minimum atomic E-state index is -3.41. The Kier molecular flexibility index (Phi) is 6.89. The van der Waals surface area contributed by atoms with Crippen molar-refractivity contribution in [2.45, 2.75) is 19.0 Å². The summed E-state index contributed by atoms with van der Waals surface area (Å²) in [6, 6.07) is 19.5. The SMILES string of the molecule is Cc1cc(N2C(=S)N[C@@H](c3ccccn3)[C@H]2c2ccc(-c3ccc(Cl)cc3Cl)o2)ccc1NS(C)(=O)=O. The lowest BCUT2D eigenvalue weighted by Gasteiger charge is -2.26. The Hall–Kier alpha value is -3.11. The predicted molar refractivity (Wildman–Crippen MR) is 152 cm³/mol. The monoisotopic (exact) mass is 572 g/mol. The van der Waals surface area contributed by atoms with Crippen LogP contribution >= 0.6 is 35.4 Å². The van der Waals surface area contributed by atoms with Crippen molar-refractivity contribution in [3.05, 3.63) is 100.0 Å². The number of hydrogen-bond donors (Lipinski definition) is 2. The van der Waals surface area contributed by atoms with Crippen molar-refractivity contribution in [2.24, 2.45) is 0 Å². The highest BCUT2D eigenvalue weighted by Gasteiger charge is 2.42. The second-order valence-corrected chi connectivity index (χ2v) is 11.7. The lowest BCUT2D eigenvalue weighted by atomic mass is 10.0. The smallest absolute Gasteiger partial charge is 0.229 e. The van der Waals surface area contributed by atoms with Gasteiger partial charge in [-0.15, -0.1) is 0 Å². The van der Waals surface area contributed by atoms with Crippen molar-refractivity contribution in [1.82, 2.24) is 10.3 Å². The fourth-order valence-electron chi connectivity index (χ4n) is 4.38. The summed E-state index contributed by atoms with van der Waals surface area (Å²) in [4.78, 5) is 6.51. The van der Waals surface area contributed by atoms with E-state index >= 15 is 0 Å². The number of hydrogen-bond acceptors (Lipinski definition) is 5. The summed E-state index contributed by atoms with van der Waals surface area (Å²) >= 11 is 18.3. The molecule has 190 valence electrons. The number of nitrogens with zero attached hydrogens (tertiary/aromatic N) is 2. The van der Waals surface area contributed by atoms with Crippen LogP contribution in [-0.2, 0) is 10.0 Å². The van der Waals surface area contributed by atoms with Gasteiger partial charge in [0.2, 0.25) is 10.0 Å². The van der Waals surface area contributed by atoms with Gasteiger partial charge in [-0.25, -0.2) is 8.42 Å². The molecule has 0 saturated carbocycles. The number of anilines is 2. The molecule has 3 heterocycles. The Morgan fingerprint density at radius 3 is 2.57 bits per heavy atom. The van der Waals surface area contributed by atoms with Gasteiger partial charge in [0.05, 0.1) is 28.7 Å². The molecule has 0 unspecified atom stereocenters. The van der Waals surface area contributed by atoms with Crippen molar-refractivity contribution in [2.75, 3.05) is 15.9 Å². The molecule has 11 heteroatoms. The highest BCUT2D eigenvalue weighted by atomic mass is 35.5. The van der Waals surface area contributed by atoms with E-state index in [9.17, 15) is 8.42 Å². The van der Waals surface area contributed by atoms with Crippen LogP contribution in [0.5, 0.6) is 0 Å². The first-order valence-corrected chi connectivity index (χ1v) is 14.3. The Morgan fingerprint density at radius 2 is 1.89 bits per heavy atom. The molecular weight excluding hydrogens is 551 g/mol. The number of furan rings is 1. The summed E-state index contributed by atoms with van der Waals surface area (Å²) in [6.07, 6.45) is 2.85. The molecule has 0 spiro atoms. The number of rotatable bonds is 6. The summed E-state index contributed by atoms with van der Waals surface area (Å²) in [7, 11) is -3.41. The third kappa shape index (κ3) is 5.31.